The molecule has 1 atom stereocenters. The van der Waals surface area contributed by atoms with Crippen molar-refractivity contribution < 1.29 is 4.79 Å². The third kappa shape index (κ3) is 4.57. The Morgan fingerprint density at radius 2 is 1.97 bits per heavy atom. The molecule has 0 aliphatic carbocycles. The molecule has 0 aliphatic heterocycles. The molecule has 2 heterocycles. The molecule has 2 aromatic heterocycles. The van der Waals surface area contributed by atoms with Gasteiger partial charge in [-0.05, 0) is 19.1 Å². The van der Waals surface area contributed by atoms with Crippen LogP contribution in [0.25, 0.3) is 16.9 Å². The molecule has 0 bridgehead atoms. The number of hydrogen-bond donors (Lipinski definition) is 0. The fourth-order valence-corrected chi connectivity index (χ4v) is 5.08. The number of hydrogen-bond acceptors (Lipinski definition) is 6. The van der Waals surface area contributed by atoms with E-state index >= 15 is 0 Å². The third-order valence-corrected chi connectivity index (χ3v) is 6.89. The van der Waals surface area contributed by atoms with Crippen molar-refractivity contribution in [2.75, 3.05) is 5.75 Å². The second-order valence-corrected chi connectivity index (χ2v) is 8.96. The maximum Gasteiger partial charge on any atom is 0.173 e. The van der Waals surface area contributed by atoms with Crippen LogP contribution in [0, 0.1) is 18.3 Å². The highest BCUT2D eigenvalue weighted by Gasteiger charge is 2.25. The molecule has 2 aromatic carbocycles. The molecule has 0 N–H and O–H groups in total. The number of halogens is 1. The molecule has 4 aromatic rings. The van der Waals surface area contributed by atoms with E-state index in [1.54, 1.807) is 6.20 Å². The van der Waals surface area contributed by atoms with Gasteiger partial charge in [0.25, 0.3) is 0 Å². The van der Waals surface area contributed by atoms with Crippen molar-refractivity contribution in [3.05, 3.63) is 81.9 Å². The van der Waals surface area contributed by atoms with Gasteiger partial charge in [-0.3, -0.25) is 9.36 Å². The number of nitriles is 1. The smallest absolute Gasteiger partial charge is 0.173 e. The third-order valence-electron chi connectivity index (χ3n) is 4.57. The van der Waals surface area contributed by atoms with E-state index < -0.39 is 5.92 Å². The number of aromatic nitrogens is 3. The second-order valence-electron chi connectivity index (χ2n) is 6.72. The van der Waals surface area contributed by atoms with Crippen LogP contribution in [0.5, 0.6) is 0 Å². The summed E-state index contributed by atoms with van der Waals surface area (Å²) < 4.78 is 1.95. The Labute approximate surface area is 193 Å². The lowest BCUT2D eigenvalue weighted by atomic mass is 10.1. The molecule has 5 nitrogen and oxygen atoms in total. The van der Waals surface area contributed by atoms with Gasteiger partial charge in [0.15, 0.2) is 16.9 Å². The first kappa shape index (κ1) is 21.3. The highest BCUT2D eigenvalue weighted by atomic mass is 35.5. The number of para-hydroxylation sites is 1. The second kappa shape index (κ2) is 9.48. The summed E-state index contributed by atoms with van der Waals surface area (Å²) in [5, 5.41) is 13.1. The van der Waals surface area contributed by atoms with Crippen LogP contribution in [-0.4, -0.2) is 26.1 Å². The molecule has 8 heteroatoms. The molecule has 0 radical (unpaired) electrons. The van der Waals surface area contributed by atoms with Crippen LogP contribution >= 0.6 is 34.7 Å². The minimum Gasteiger partial charge on any atom is -0.297 e. The Kier molecular flexibility index (Phi) is 6.52. The van der Waals surface area contributed by atoms with Gasteiger partial charge in [-0.2, -0.15) is 5.26 Å². The van der Waals surface area contributed by atoms with Gasteiger partial charge in [-0.15, -0.1) is 11.3 Å². The van der Waals surface area contributed by atoms with Crippen molar-refractivity contribution in [1.29, 1.82) is 5.26 Å². The fraction of sp³-hybridized carbons (Fsp3) is 0.130. The molecule has 154 valence electrons. The maximum absolute atomic E-state index is 12.8. The summed E-state index contributed by atoms with van der Waals surface area (Å²) in [6.45, 7) is 1.85. The number of benzene rings is 2. The first-order chi connectivity index (χ1) is 15.1. The molecular weight excluding hydrogens is 448 g/mol. The van der Waals surface area contributed by atoms with Gasteiger partial charge < -0.3 is 0 Å². The minimum atomic E-state index is -0.872. The first-order valence-electron chi connectivity index (χ1n) is 9.43. The van der Waals surface area contributed by atoms with Crippen LogP contribution in [0.2, 0.25) is 5.02 Å². The van der Waals surface area contributed by atoms with E-state index in [2.05, 4.69) is 16.0 Å². The van der Waals surface area contributed by atoms with Crippen molar-refractivity contribution in [1.82, 2.24) is 14.5 Å². The SMILES string of the molecule is Cc1csc([C@H](C#N)C(=O)CSc2ncc(-c3ccccc3)n2-c2ccccc2Cl)n1. The average molecular weight is 465 g/mol. The minimum absolute atomic E-state index is 0.104. The number of carbonyl (C=O) groups is 1. The number of thioether (sulfide) groups is 1. The van der Waals surface area contributed by atoms with Gasteiger partial charge in [0.1, 0.15) is 5.01 Å². The Morgan fingerprint density at radius 3 is 2.65 bits per heavy atom. The monoisotopic (exact) mass is 464 g/mol. The molecule has 0 aliphatic rings. The zero-order valence-corrected chi connectivity index (χ0v) is 18.9. The Morgan fingerprint density at radius 1 is 1.23 bits per heavy atom. The summed E-state index contributed by atoms with van der Waals surface area (Å²) in [6, 6.07) is 19.5. The highest BCUT2D eigenvalue weighted by Crippen LogP contribution is 2.33. The van der Waals surface area contributed by atoms with E-state index in [1.165, 1.54) is 23.1 Å². The number of Topliss-reactive ketones (excluding diaryl/α,β-unsaturated/α-hetero) is 1. The van der Waals surface area contributed by atoms with Crippen LogP contribution in [0.4, 0.5) is 0 Å². The fourth-order valence-electron chi connectivity index (χ4n) is 3.10. The van der Waals surface area contributed by atoms with Crippen LogP contribution in [-0.2, 0) is 4.79 Å². The standard InChI is InChI=1S/C23H17ClN4OS2/c1-15-13-30-22(27-15)17(11-25)21(29)14-31-23-26-12-20(16-7-3-2-4-8-16)28(23)19-10-6-5-9-18(19)24/h2-10,12-13,17H,14H2,1H3/t17-/m1/s1. The lowest BCUT2D eigenvalue weighted by Crippen LogP contribution is -2.13. The zero-order chi connectivity index (χ0) is 21.8. The molecule has 0 fully saturated rings. The summed E-state index contributed by atoms with van der Waals surface area (Å²) in [5.41, 5.74) is 3.45. The lowest BCUT2D eigenvalue weighted by molar-refractivity contribution is -0.116. The van der Waals surface area contributed by atoms with Gasteiger partial charge >= 0.3 is 0 Å². The molecule has 0 unspecified atom stereocenters. The summed E-state index contributed by atoms with van der Waals surface area (Å²) in [4.78, 5) is 21.7. The van der Waals surface area contributed by atoms with Crippen molar-refractivity contribution in [2.45, 2.75) is 18.0 Å². The summed E-state index contributed by atoms with van der Waals surface area (Å²) in [7, 11) is 0. The molecule has 4 rings (SSSR count). The van der Waals surface area contributed by atoms with Crippen molar-refractivity contribution in [3.8, 4) is 23.0 Å². The largest absolute Gasteiger partial charge is 0.297 e. The molecule has 0 saturated heterocycles. The molecular formula is C23H17ClN4OS2. The average Bonchev–Trinajstić information content (AvgIpc) is 3.40. The predicted octanol–water partition coefficient (Wildman–Crippen LogP) is 5.93. The molecule has 0 saturated carbocycles. The van der Waals surface area contributed by atoms with E-state index in [9.17, 15) is 10.1 Å². The van der Waals surface area contributed by atoms with Crippen LogP contribution in [0.3, 0.4) is 0 Å². The molecule has 0 spiro atoms. The molecule has 0 amide bonds. The van der Waals surface area contributed by atoms with E-state index in [0.717, 1.165) is 22.6 Å². The number of rotatable bonds is 7. The van der Waals surface area contributed by atoms with Crippen LogP contribution in [0.15, 0.2) is 71.3 Å². The quantitative estimate of drug-likeness (QED) is 0.317. The van der Waals surface area contributed by atoms with E-state index in [1.807, 2.05) is 71.5 Å². The Balaban J connectivity index is 1.66. The maximum atomic E-state index is 12.8. The topological polar surface area (TPSA) is 71.6 Å². The number of aryl methyl sites for hydroxylation is 1. The normalized spacial score (nSPS) is 11.8. The van der Waals surface area contributed by atoms with Crippen molar-refractivity contribution in [2.24, 2.45) is 0 Å². The van der Waals surface area contributed by atoms with Crippen molar-refractivity contribution in [3.63, 3.8) is 0 Å². The number of thiazole rings is 1. The van der Waals surface area contributed by atoms with E-state index in [0.29, 0.717) is 15.2 Å². The van der Waals surface area contributed by atoms with Crippen LogP contribution in [0.1, 0.15) is 16.6 Å². The number of carbonyl (C=O) groups excluding carboxylic acids is 1. The predicted molar refractivity (Wildman–Crippen MR) is 125 cm³/mol. The number of nitrogens with zero attached hydrogens (tertiary/aromatic N) is 4. The van der Waals surface area contributed by atoms with Gasteiger partial charge in [-0.25, -0.2) is 9.97 Å². The first-order valence-corrected chi connectivity index (χ1v) is 11.7. The Bertz CT molecular complexity index is 1260. The van der Waals surface area contributed by atoms with Crippen molar-refractivity contribution >= 4 is 40.5 Å². The van der Waals surface area contributed by atoms with Gasteiger partial charge in [-0.1, -0.05) is 65.8 Å². The summed E-state index contributed by atoms with van der Waals surface area (Å²) >= 11 is 9.11. The van der Waals surface area contributed by atoms with Gasteiger partial charge in [0.2, 0.25) is 0 Å². The molecule has 31 heavy (non-hydrogen) atoms. The Hall–Kier alpha value is -2.92. The summed E-state index contributed by atoms with van der Waals surface area (Å²) in [5.74, 6) is -0.965. The lowest BCUT2D eigenvalue weighted by Gasteiger charge is -2.13. The van der Waals surface area contributed by atoms with E-state index in [-0.39, 0.29) is 11.5 Å². The van der Waals surface area contributed by atoms with Gasteiger partial charge in [0, 0.05) is 16.6 Å². The number of imidazole rings is 1. The number of ketones is 1. The van der Waals surface area contributed by atoms with Gasteiger partial charge in [0.05, 0.1) is 34.4 Å². The zero-order valence-electron chi connectivity index (χ0n) is 16.5. The van der Waals surface area contributed by atoms with E-state index in [4.69, 9.17) is 11.6 Å². The van der Waals surface area contributed by atoms with Crippen LogP contribution < -0.4 is 0 Å². The highest BCUT2D eigenvalue weighted by molar-refractivity contribution is 7.99. The summed E-state index contributed by atoms with van der Waals surface area (Å²) in [6.07, 6.45) is 1.78.